The normalized spacial score (nSPS) is 11.6. The molecule has 0 aliphatic heterocycles. The molecule has 4 nitrogen and oxygen atoms in total. The van der Waals surface area contributed by atoms with Gasteiger partial charge in [-0.1, -0.05) is 41.4 Å². The zero-order valence-corrected chi connectivity index (χ0v) is 16.0. The number of amides is 1. The van der Waals surface area contributed by atoms with Crippen molar-refractivity contribution in [3.63, 3.8) is 0 Å². The van der Waals surface area contributed by atoms with Crippen LogP contribution in [-0.2, 0) is 0 Å². The average molecular weight is 409 g/mol. The van der Waals surface area contributed by atoms with Crippen molar-refractivity contribution in [2.75, 3.05) is 5.32 Å². The maximum Gasteiger partial charge on any atom is 0.261 e. The third kappa shape index (κ3) is 4.09. The Labute approximate surface area is 171 Å². The molecule has 0 fully saturated rings. The van der Waals surface area contributed by atoms with Gasteiger partial charge in [0.05, 0.1) is 5.69 Å². The highest BCUT2D eigenvalue weighted by molar-refractivity contribution is 6.30. The number of hydrogen-bond donors (Lipinski definition) is 1. The predicted molar refractivity (Wildman–Crippen MR) is 112 cm³/mol. The highest BCUT2D eigenvalue weighted by Crippen LogP contribution is 2.19. The number of carbonyl (C=O) groups is 1. The molecule has 3 aromatic carbocycles. The molecule has 0 spiro atoms. The summed E-state index contributed by atoms with van der Waals surface area (Å²) in [5.74, 6) is -0.329. The van der Waals surface area contributed by atoms with Crippen molar-refractivity contribution in [1.82, 2.24) is 0 Å². The standard InChI is InChI=1S/C22H14Cl2N2O2/c23-15-5-9-17(10-6-15)25-21(27)19-13-14-3-1-2-4-20(14)28-22(19)26-18-11-7-16(24)8-12-18/h1-13H,(H,25,27). The smallest absolute Gasteiger partial charge is 0.261 e. The van der Waals surface area contributed by atoms with Gasteiger partial charge in [-0.2, -0.15) is 0 Å². The molecule has 1 amide bonds. The molecule has 138 valence electrons. The minimum Gasteiger partial charge on any atom is -0.438 e. The van der Waals surface area contributed by atoms with Gasteiger partial charge in [-0.05, 0) is 60.7 Å². The van der Waals surface area contributed by atoms with Gasteiger partial charge in [0, 0.05) is 21.1 Å². The Hall–Kier alpha value is -3.08. The molecule has 1 N–H and O–H groups in total. The van der Waals surface area contributed by atoms with E-state index in [9.17, 15) is 4.79 Å². The summed E-state index contributed by atoms with van der Waals surface area (Å²) in [5, 5.41) is 4.85. The van der Waals surface area contributed by atoms with Gasteiger partial charge >= 0.3 is 0 Å². The van der Waals surface area contributed by atoms with Crippen LogP contribution in [0, 0.1) is 0 Å². The lowest BCUT2D eigenvalue weighted by atomic mass is 10.1. The van der Waals surface area contributed by atoms with Crippen LogP contribution in [0.2, 0.25) is 10.0 Å². The maximum absolute atomic E-state index is 12.9. The second kappa shape index (κ2) is 7.89. The van der Waals surface area contributed by atoms with Gasteiger partial charge in [0.1, 0.15) is 11.1 Å². The van der Waals surface area contributed by atoms with Crippen molar-refractivity contribution in [1.29, 1.82) is 0 Å². The Kier molecular flexibility index (Phi) is 5.15. The van der Waals surface area contributed by atoms with E-state index >= 15 is 0 Å². The van der Waals surface area contributed by atoms with Gasteiger partial charge in [-0.25, -0.2) is 4.99 Å². The number of carbonyl (C=O) groups excluding carboxylic acids is 1. The summed E-state index contributed by atoms with van der Waals surface area (Å²) in [6, 6.07) is 23.1. The van der Waals surface area contributed by atoms with Crippen LogP contribution < -0.4 is 10.9 Å². The first kappa shape index (κ1) is 18.3. The molecule has 0 bridgehead atoms. The fourth-order valence-electron chi connectivity index (χ4n) is 2.68. The summed E-state index contributed by atoms with van der Waals surface area (Å²) >= 11 is 11.8. The molecule has 1 heterocycles. The zero-order chi connectivity index (χ0) is 19.5. The largest absolute Gasteiger partial charge is 0.438 e. The molecule has 0 unspecified atom stereocenters. The number of rotatable bonds is 3. The molecule has 4 rings (SSSR count). The summed E-state index contributed by atoms with van der Waals surface area (Å²) in [5.41, 5.74) is 2.43. The Bertz CT molecular complexity index is 1210. The van der Waals surface area contributed by atoms with Crippen LogP contribution in [0.1, 0.15) is 10.4 Å². The minimum atomic E-state index is -0.329. The summed E-state index contributed by atoms with van der Waals surface area (Å²) in [6.45, 7) is 0. The van der Waals surface area contributed by atoms with Crippen LogP contribution in [0.4, 0.5) is 11.4 Å². The van der Waals surface area contributed by atoms with Crippen LogP contribution in [0.5, 0.6) is 0 Å². The Morgan fingerprint density at radius 3 is 2.21 bits per heavy atom. The minimum absolute atomic E-state index is 0.215. The van der Waals surface area contributed by atoms with E-state index in [-0.39, 0.29) is 11.5 Å². The topological polar surface area (TPSA) is 54.6 Å². The molecule has 4 aromatic rings. The summed E-state index contributed by atoms with van der Waals surface area (Å²) in [6.07, 6.45) is 0. The fourth-order valence-corrected chi connectivity index (χ4v) is 2.93. The van der Waals surface area contributed by atoms with E-state index in [1.165, 1.54) is 0 Å². The fraction of sp³-hybridized carbons (Fsp3) is 0. The molecule has 0 aliphatic rings. The van der Waals surface area contributed by atoms with Crippen molar-refractivity contribution in [3.8, 4) is 0 Å². The van der Waals surface area contributed by atoms with E-state index in [2.05, 4.69) is 10.3 Å². The Morgan fingerprint density at radius 2 is 1.50 bits per heavy atom. The van der Waals surface area contributed by atoms with Crippen molar-refractivity contribution in [2.24, 2.45) is 4.99 Å². The molecule has 1 aromatic heterocycles. The lowest BCUT2D eigenvalue weighted by Gasteiger charge is -2.07. The quantitative estimate of drug-likeness (QED) is 0.437. The van der Waals surface area contributed by atoms with Crippen molar-refractivity contribution >= 4 is 51.5 Å². The molecule has 6 heteroatoms. The monoisotopic (exact) mass is 408 g/mol. The van der Waals surface area contributed by atoms with Crippen molar-refractivity contribution in [3.05, 3.63) is 100 Å². The number of benzene rings is 3. The van der Waals surface area contributed by atoms with Crippen LogP contribution in [0.25, 0.3) is 11.0 Å². The van der Waals surface area contributed by atoms with Gasteiger partial charge in [0.25, 0.3) is 5.91 Å². The number of fused-ring (bicyclic) bond motifs is 1. The predicted octanol–water partition coefficient (Wildman–Crippen LogP) is 6.22. The molecule has 0 saturated carbocycles. The van der Waals surface area contributed by atoms with Crippen LogP contribution in [0.3, 0.4) is 0 Å². The zero-order valence-electron chi connectivity index (χ0n) is 14.5. The third-order valence-corrected chi connectivity index (χ3v) is 4.56. The first-order valence-corrected chi connectivity index (χ1v) is 9.24. The van der Waals surface area contributed by atoms with Gasteiger partial charge < -0.3 is 9.73 Å². The number of anilines is 1. The highest BCUT2D eigenvalue weighted by Gasteiger charge is 2.13. The number of halogens is 2. The first-order valence-electron chi connectivity index (χ1n) is 8.48. The van der Waals surface area contributed by atoms with Gasteiger partial charge in [0.15, 0.2) is 0 Å². The molecule has 28 heavy (non-hydrogen) atoms. The SMILES string of the molecule is O=C(Nc1ccc(Cl)cc1)c1cc2ccccc2oc1=Nc1ccc(Cl)cc1. The lowest BCUT2D eigenvalue weighted by Crippen LogP contribution is -2.21. The molecule has 0 atom stereocenters. The third-order valence-electron chi connectivity index (χ3n) is 4.06. The molecular formula is C22H14Cl2N2O2. The van der Waals surface area contributed by atoms with E-state index < -0.39 is 0 Å². The second-order valence-electron chi connectivity index (χ2n) is 6.05. The van der Waals surface area contributed by atoms with E-state index in [1.807, 2.05) is 24.3 Å². The first-order chi connectivity index (χ1) is 13.6. The summed E-state index contributed by atoms with van der Waals surface area (Å²) < 4.78 is 5.92. The van der Waals surface area contributed by atoms with Crippen LogP contribution >= 0.6 is 23.2 Å². The Morgan fingerprint density at radius 1 is 0.857 bits per heavy atom. The summed E-state index contributed by atoms with van der Waals surface area (Å²) in [4.78, 5) is 17.4. The van der Waals surface area contributed by atoms with Crippen LogP contribution in [0.15, 0.2) is 88.3 Å². The Balaban J connectivity index is 1.81. The van der Waals surface area contributed by atoms with Gasteiger partial charge in [-0.3, -0.25) is 4.79 Å². The number of nitrogens with zero attached hydrogens (tertiary/aromatic N) is 1. The molecule has 0 saturated heterocycles. The maximum atomic E-state index is 12.9. The number of nitrogens with one attached hydrogen (secondary N) is 1. The van der Waals surface area contributed by atoms with Crippen molar-refractivity contribution < 1.29 is 9.21 Å². The van der Waals surface area contributed by atoms with E-state index in [0.29, 0.717) is 32.6 Å². The molecule has 0 aliphatic carbocycles. The summed E-state index contributed by atoms with van der Waals surface area (Å²) in [7, 11) is 0. The molecular weight excluding hydrogens is 395 g/mol. The number of hydrogen-bond acceptors (Lipinski definition) is 3. The van der Waals surface area contributed by atoms with Gasteiger partial charge in [-0.15, -0.1) is 0 Å². The van der Waals surface area contributed by atoms with E-state index in [0.717, 1.165) is 5.39 Å². The van der Waals surface area contributed by atoms with E-state index in [1.54, 1.807) is 54.6 Å². The van der Waals surface area contributed by atoms with Crippen molar-refractivity contribution in [2.45, 2.75) is 0 Å². The molecule has 0 radical (unpaired) electrons. The van der Waals surface area contributed by atoms with Crippen LogP contribution in [-0.4, -0.2) is 5.91 Å². The number of para-hydroxylation sites is 1. The average Bonchev–Trinajstić information content (AvgIpc) is 2.71. The lowest BCUT2D eigenvalue weighted by molar-refractivity contribution is 0.102. The van der Waals surface area contributed by atoms with E-state index in [4.69, 9.17) is 27.6 Å². The van der Waals surface area contributed by atoms with Gasteiger partial charge in [0.2, 0.25) is 5.55 Å². The second-order valence-corrected chi connectivity index (χ2v) is 6.93. The highest BCUT2D eigenvalue weighted by atomic mass is 35.5.